The van der Waals surface area contributed by atoms with E-state index in [1.807, 2.05) is 25.7 Å². The molecule has 1 aromatic rings. The second-order valence-electron chi connectivity index (χ2n) is 10.6. The Kier molecular flexibility index (Phi) is 6.99. The fourth-order valence-corrected chi connectivity index (χ4v) is 5.22. The van der Waals surface area contributed by atoms with Crippen LogP contribution in [0.3, 0.4) is 0 Å². The first-order chi connectivity index (χ1) is 14.6. The zero-order valence-corrected chi connectivity index (χ0v) is 19.9. The van der Waals surface area contributed by atoms with Crippen LogP contribution in [0.4, 0.5) is 4.79 Å². The second kappa shape index (κ2) is 9.19. The molecule has 31 heavy (non-hydrogen) atoms. The van der Waals surface area contributed by atoms with E-state index in [0.29, 0.717) is 26.0 Å². The number of amides is 2. The predicted octanol–water partition coefficient (Wildman–Crippen LogP) is 4.15. The molecule has 1 spiro atoms. The number of rotatable bonds is 6. The lowest BCUT2D eigenvalue weighted by atomic mass is 9.64. The summed E-state index contributed by atoms with van der Waals surface area (Å²) in [5.41, 5.74) is 1.21. The van der Waals surface area contributed by atoms with E-state index >= 15 is 0 Å². The van der Waals surface area contributed by atoms with E-state index in [0.717, 1.165) is 32.2 Å². The third-order valence-electron chi connectivity index (χ3n) is 6.99. The molecule has 0 bridgehead atoms. The average Bonchev–Trinajstić information content (AvgIpc) is 3.00. The van der Waals surface area contributed by atoms with Crippen molar-refractivity contribution >= 4 is 12.0 Å². The van der Waals surface area contributed by atoms with Gasteiger partial charge in [-0.05, 0) is 77.9 Å². The van der Waals surface area contributed by atoms with Crippen LogP contribution >= 0.6 is 0 Å². The van der Waals surface area contributed by atoms with Crippen LogP contribution in [0.15, 0.2) is 30.3 Å². The summed E-state index contributed by atoms with van der Waals surface area (Å²) in [5.74, 6) is 0.246. The van der Waals surface area contributed by atoms with E-state index in [4.69, 9.17) is 4.74 Å². The normalized spacial score (nSPS) is 26.5. The Morgan fingerprint density at radius 2 is 1.77 bits per heavy atom. The standard InChI is InChI=1S/C25H39N3O3/c1-23(2,3)26-22(30)31-17-9-16-28-19-24(18-21(28)29)12-14-25(15-13-24,27(4)5)20-10-7-6-8-11-20/h6-8,10-11H,9,12-19H2,1-5H3,(H,26,30). The molecule has 1 heterocycles. The first-order valence-corrected chi connectivity index (χ1v) is 11.5. The van der Waals surface area contributed by atoms with Crippen LogP contribution in [-0.4, -0.2) is 61.1 Å². The Morgan fingerprint density at radius 3 is 2.35 bits per heavy atom. The Bertz CT molecular complexity index is 762. The van der Waals surface area contributed by atoms with Gasteiger partial charge in [0.25, 0.3) is 0 Å². The quantitative estimate of drug-likeness (QED) is 0.690. The number of hydrogen-bond acceptors (Lipinski definition) is 4. The number of carbonyl (C=O) groups is 2. The van der Waals surface area contributed by atoms with Crippen LogP contribution in [-0.2, 0) is 15.1 Å². The molecule has 1 aliphatic carbocycles. The molecule has 0 aromatic heterocycles. The topological polar surface area (TPSA) is 61.9 Å². The van der Waals surface area contributed by atoms with E-state index in [2.05, 4.69) is 54.6 Å². The summed E-state index contributed by atoms with van der Waals surface area (Å²) < 4.78 is 5.26. The summed E-state index contributed by atoms with van der Waals surface area (Å²) in [6.07, 6.45) is 5.19. The van der Waals surface area contributed by atoms with Crippen molar-refractivity contribution in [1.82, 2.24) is 15.1 Å². The van der Waals surface area contributed by atoms with Crippen molar-refractivity contribution in [2.75, 3.05) is 33.8 Å². The molecule has 1 saturated carbocycles. The van der Waals surface area contributed by atoms with Gasteiger partial charge >= 0.3 is 6.09 Å². The number of carbonyl (C=O) groups excluding carboxylic acids is 2. The van der Waals surface area contributed by atoms with Gasteiger partial charge in [0.05, 0.1) is 6.61 Å². The molecule has 1 N–H and O–H groups in total. The lowest BCUT2D eigenvalue weighted by Gasteiger charge is -2.48. The molecular formula is C25H39N3O3. The van der Waals surface area contributed by atoms with E-state index in [9.17, 15) is 9.59 Å². The summed E-state index contributed by atoms with van der Waals surface area (Å²) in [6.45, 7) is 7.58. The minimum absolute atomic E-state index is 0.0528. The van der Waals surface area contributed by atoms with Gasteiger partial charge in [0.2, 0.25) is 5.91 Å². The van der Waals surface area contributed by atoms with E-state index < -0.39 is 6.09 Å². The molecule has 3 rings (SSSR count). The van der Waals surface area contributed by atoms with Crippen molar-refractivity contribution < 1.29 is 14.3 Å². The molecule has 6 heteroatoms. The fraction of sp³-hybridized carbons (Fsp3) is 0.680. The SMILES string of the molecule is CN(C)C1(c2ccccc2)CCC2(CC1)CC(=O)N(CCCOC(=O)NC(C)(C)C)C2. The van der Waals surface area contributed by atoms with Crippen LogP contribution in [0.25, 0.3) is 0 Å². The van der Waals surface area contributed by atoms with E-state index in [-0.39, 0.29) is 22.4 Å². The highest BCUT2D eigenvalue weighted by Crippen LogP contribution is 2.52. The summed E-state index contributed by atoms with van der Waals surface area (Å²) >= 11 is 0. The predicted molar refractivity (Wildman–Crippen MR) is 123 cm³/mol. The van der Waals surface area contributed by atoms with Gasteiger partial charge in [-0.25, -0.2) is 4.79 Å². The molecule has 1 aliphatic heterocycles. The zero-order valence-electron chi connectivity index (χ0n) is 19.9. The number of ether oxygens (including phenoxy) is 1. The smallest absolute Gasteiger partial charge is 0.407 e. The van der Waals surface area contributed by atoms with Crippen molar-refractivity contribution in [3.8, 4) is 0 Å². The monoisotopic (exact) mass is 429 g/mol. The number of hydrogen-bond donors (Lipinski definition) is 1. The van der Waals surface area contributed by atoms with Gasteiger partial charge in [-0.1, -0.05) is 30.3 Å². The van der Waals surface area contributed by atoms with Crippen LogP contribution in [0.5, 0.6) is 0 Å². The number of nitrogens with zero attached hydrogens (tertiary/aromatic N) is 2. The van der Waals surface area contributed by atoms with Gasteiger partial charge in [0.1, 0.15) is 0 Å². The first kappa shape index (κ1) is 23.6. The number of benzene rings is 1. The largest absolute Gasteiger partial charge is 0.449 e. The molecule has 0 unspecified atom stereocenters. The molecule has 0 atom stereocenters. The van der Waals surface area contributed by atoms with Gasteiger partial charge in [0, 0.05) is 30.6 Å². The van der Waals surface area contributed by atoms with Crippen LogP contribution in [0, 0.1) is 5.41 Å². The molecule has 6 nitrogen and oxygen atoms in total. The lowest BCUT2D eigenvalue weighted by Crippen LogP contribution is -2.47. The molecule has 0 radical (unpaired) electrons. The third kappa shape index (κ3) is 5.59. The van der Waals surface area contributed by atoms with E-state index in [1.54, 1.807) is 0 Å². The minimum atomic E-state index is -0.398. The first-order valence-electron chi connectivity index (χ1n) is 11.5. The third-order valence-corrected chi connectivity index (χ3v) is 6.99. The summed E-state index contributed by atoms with van der Waals surface area (Å²) in [4.78, 5) is 28.8. The lowest BCUT2D eigenvalue weighted by molar-refractivity contribution is -0.128. The maximum atomic E-state index is 12.7. The number of likely N-dealkylation sites (tertiary alicyclic amines) is 1. The van der Waals surface area contributed by atoms with Gasteiger partial charge in [0.15, 0.2) is 0 Å². The maximum absolute atomic E-state index is 12.7. The van der Waals surface area contributed by atoms with Gasteiger partial charge in [-0.2, -0.15) is 0 Å². The Hall–Kier alpha value is -2.08. The molecule has 172 valence electrons. The fourth-order valence-electron chi connectivity index (χ4n) is 5.22. The molecule has 1 aromatic carbocycles. The zero-order chi connectivity index (χ0) is 22.7. The molecule has 2 aliphatic rings. The van der Waals surface area contributed by atoms with Crippen molar-refractivity contribution in [2.24, 2.45) is 5.41 Å². The molecule has 1 saturated heterocycles. The Morgan fingerprint density at radius 1 is 1.13 bits per heavy atom. The Labute approximate surface area is 187 Å². The highest BCUT2D eigenvalue weighted by atomic mass is 16.5. The summed E-state index contributed by atoms with van der Waals surface area (Å²) in [7, 11) is 4.35. The average molecular weight is 430 g/mol. The maximum Gasteiger partial charge on any atom is 0.407 e. The molecular weight excluding hydrogens is 390 g/mol. The van der Waals surface area contributed by atoms with Gasteiger partial charge in [-0.15, -0.1) is 0 Å². The van der Waals surface area contributed by atoms with Crippen LogP contribution < -0.4 is 5.32 Å². The molecule has 2 fully saturated rings. The summed E-state index contributed by atoms with van der Waals surface area (Å²) in [5, 5.41) is 2.79. The van der Waals surface area contributed by atoms with Crippen molar-refractivity contribution in [1.29, 1.82) is 0 Å². The van der Waals surface area contributed by atoms with Gasteiger partial charge < -0.3 is 15.0 Å². The van der Waals surface area contributed by atoms with Crippen molar-refractivity contribution in [3.05, 3.63) is 35.9 Å². The van der Waals surface area contributed by atoms with Gasteiger partial charge in [-0.3, -0.25) is 9.69 Å². The molecule has 2 amide bonds. The van der Waals surface area contributed by atoms with Crippen molar-refractivity contribution in [2.45, 2.75) is 70.4 Å². The van der Waals surface area contributed by atoms with Crippen LogP contribution in [0.2, 0.25) is 0 Å². The minimum Gasteiger partial charge on any atom is -0.449 e. The number of alkyl carbamates (subject to hydrolysis) is 1. The summed E-state index contributed by atoms with van der Waals surface area (Å²) in [6, 6.07) is 10.8. The highest BCUT2D eigenvalue weighted by Gasteiger charge is 2.49. The van der Waals surface area contributed by atoms with E-state index in [1.165, 1.54) is 5.56 Å². The highest BCUT2D eigenvalue weighted by molar-refractivity contribution is 5.79. The second-order valence-corrected chi connectivity index (χ2v) is 10.6. The van der Waals surface area contributed by atoms with Crippen molar-refractivity contribution in [3.63, 3.8) is 0 Å². The number of nitrogens with one attached hydrogen (secondary N) is 1. The van der Waals surface area contributed by atoms with Crippen LogP contribution in [0.1, 0.15) is 64.9 Å². The Balaban J connectivity index is 1.52.